The van der Waals surface area contributed by atoms with Crippen LogP contribution in [0, 0.1) is 5.92 Å². The van der Waals surface area contributed by atoms with Crippen molar-refractivity contribution in [3.05, 3.63) is 36.5 Å². The van der Waals surface area contributed by atoms with Crippen LogP contribution in [-0.2, 0) is 4.79 Å². The Balaban J connectivity index is 1.63. The van der Waals surface area contributed by atoms with Crippen molar-refractivity contribution in [2.75, 3.05) is 11.1 Å². The van der Waals surface area contributed by atoms with Crippen LogP contribution in [0.25, 0.3) is 21.3 Å². The van der Waals surface area contributed by atoms with Crippen LogP contribution in [0.4, 0.5) is 11.5 Å². The molecule has 0 radical (unpaired) electrons. The van der Waals surface area contributed by atoms with Gasteiger partial charge in [-0.2, -0.15) is 4.37 Å². The highest BCUT2D eigenvalue weighted by Gasteiger charge is 2.22. The van der Waals surface area contributed by atoms with Crippen molar-refractivity contribution in [2.24, 2.45) is 5.92 Å². The van der Waals surface area contributed by atoms with Gasteiger partial charge in [-0.1, -0.05) is 31.4 Å². The number of anilines is 2. The summed E-state index contributed by atoms with van der Waals surface area (Å²) < 4.78 is 4.40. The summed E-state index contributed by atoms with van der Waals surface area (Å²) in [7, 11) is 0. The summed E-state index contributed by atoms with van der Waals surface area (Å²) in [5, 5.41) is 3.90. The van der Waals surface area contributed by atoms with Crippen molar-refractivity contribution < 1.29 is 4.79 Å². The van der Waals surface area contributed by atoms with Crippen molar-refractivity contribution >= 4 is 39.2 Å². The number of hydrogen-bond acceptors (Lipinski definition) is 5. The standard InChI is InChI=1S/C19H20N4OS/c20-15-8-4-7-13(9-15)14-10-16-17(23-25-19(16)21-11-14)22-18(24)12-5-2-1-3-6-12/h4,7-12H,1-3,5-6,20H2,(H,22,23,24). The van der Waals surface area contributed by atoms with Crippen LogP contribution in [0.2, 0.25) is 0 Å². The number of nitrogens with two attached hydrogens (primary N) is 1. The quantitative estimate of drug-likeness (QED) is 0.682. The number of hydrogen-bond donors (Lipinski definition) is 2. The van der Waals surface area contributed by atoms with Gasteiger partial charge in [-0.25, -0.2) is 4.98 Å². The maximum atomic E-state index is 12.5. The molecule has 1 aliphatic carbocycles. The van der Waals surface area contributed by atoms with Crippen LogP contribution in [0.15, 0.2) is 36.5 Å². The van der Waals surface area contributed by atoms with Crippen molar-refractivity contribution in [1.29, 1.82) is 0 Å². The largest absolute Gasteiger partial charge is 0.399 e. The molecule has 128 valence electrons. The third kappa shape index (κ3) is 3.35. The van der Waals surface area contributed by atoms with E-state index in [-0.39, 0.29) is 11.8 Å². The number of rotatable bonds is 3. The normalized spacial score (nSPS) is 15.4. The molecule has 3 aromatic rings. The van der Waals surface area contributed by atoms with Crippen LogP contribution >= 0.6 is 11.5 Å². The molecule has 0 saturated heterocycles. The number of aromatic nitrogens is 2. The number of pyridine rings is 1. The summed E-state index contributed by atoms with van der Waals surface area (Å²) in [6.07, 6.45) is 7.27. The van der Waals surface area contributed by atoms with Crippen molar-refractivity contribution in [1.82, 2.24) is 9.36 Å². The van der Waals surface area contributed by atoms with E-state index in [9.17, 15) is 4.79 Å². The molecule has 0 spiro atoms. The maximum absolute atomic E-state index is 12.5. The van der Waals surface area contributed by atoms with Crippen molar-refractivity contribution in [3.63, 3.8) is 0 Å². The van der Waals surface area contributed by atoms with E-state index >= 15 is 0 Å². The Bertz CT molecular complexity index is 915. The van der Waals surface area contributed by atoms with Gasteiger partial charge in [-0.15, -0.1) is 0 Å². The number of nitrogens with one attached hydrogen (secondary N) is 1. The molecule has 3 N–H and O–H groups in total. The zero-order valence-corrected chi connectivity index (χ0v) is 14.7. The second kappa shape index (κ2) is 6.80. The average molecular weight is 352 g/mol. The first-order valence-electron chi connectivity index (χ1n) is 8.63. The smallest absolute Gasteiger partial charge is 0.228 e. The second-order valence-corrected chi connectivity index (χ2v) is 7.31. The number of carbonyl (C=O) groups is 1. The molecule has 1 aromatic carbocycles. The van der Waals surface area contributed by atoms with Gasteiger partial charge in [0.05, 0.1) is 5.39 Å². The molecule has 0 bridgehead atoms. The molecule has 25 heavy (non-hydrogen) atoms. The second-order valence-electron chi connectivity index (χ2n) is 6.56. The average Bonchev–Trinajstić information content (AvgIpc) is 3.04. The minimum Gasteiger partial charge on any atom is -0.399 e. The van der Waals surface area contributed by atoms with Crippen molar-refractivity contribution in [2.45, 2.75) is 32.1 Å². The SMILES string of the molecule is Nc1cccc(-c2cnc3snc(NC(=O)C4CCCCC4)c3c2)c1. The molecular formula is C19H20N4OS. The fourth-order valence-corrected chi connectivity index (χ4v) is 4.06. The summed E-state index contributed by atoms with van der Waals surface area (Å²) in [4.78, 5) is 17.8. The lowest BCUT2D eigenvalue weighted by atomic mass is 9.89. The molecule has 1 fully saturated rings. The Morgan fingerprint density at radius 2 is 2.00 bits per heavy atom. The fourth-order valence-electron chi connectivity index (χ4n) is 3.38. The van der Waals surface area contributed by atoms with Gasteiger partial charge in [-0.05, 0) is 48.1 Å². The van der Waals surface area contributed by atoms with Crippen LogP contribution in [0.3, 0.4) is 0 Å². The van der Waals surface area contributed by atoms with Gasteiger partial charge in [0.15, 0.2) is 5.82 Å². The summed E-state index contributed by atoms with van der Waals surface area (Å²) >= 11 is 1.31. The first-order valence-corrected chi connectivity index (χ1v) is 9.40. The first-order chi connectivity index (χ1) is 12.2. The van der Waals surface area contributed by atoms with Crippen LogP contribution in [0.1, 0.15) is 32.1 Å². The molecule has 0 atom stereocenters. The Morgan fingerprint density at radius 1 is 1.16 bits per heavy atom. The van der Waals surface area contributed by atoms with E-state index in [4.69, 9.17) is 5.73 Å². The monoisotopic (exact) mass is 352 g/mol. The molecule has 5 nitrogen and oxygen atoms in total. The van der Waals surface area contributed by atoms with E-state index in [2.05, 4.69) is 14.7 Å². The van der Waals surface area contributed by atoms with Gasteiger partial charge in [0, 0.05) is 23.4 Å². The number of nitrogen functional groups attached to an aromatic ring is 1. The predicted octanol–water partition coefficient (Wildman–Crippen LogP) is 4.46. The Hall–Kier alpha value is -2.47. The molecule has 2 aromatic heterocycles. The van der Waals surface area contributed by atoms with E-state index in [0.717, 1.165) is 47.0 Å². The Kier molecular flexibility index (Phi) is 4.36. The van der Waals surface area contributed by atoms with E-state index < -0.39 is 0 Å². The third-order valence-electron chi connectivity index (χ3n) is 4.77. The molecule has 4 rings (SSSR count). The number of benzene rings is 1. The highest BCUT2D eigenvalue weighted by Crippen LogP contribution is 2.31. The number of nitrogens with zero attached hydrogens (tertiary/aromatic N) is 2. The van der Waals surface area contributed by atoms with Gasteiger partial charge in [0.1, 0.15) is 4.83 Å². The summed E-state index contributed by atoms with van der Waals surface area (Å²) in [6, 6.07) is 9.73. The number of fused-ring (bicyclic) bond motifs is 1. The van der Waals surface area contributed by atoms with Gasteiger partial charge in [-0.3, -0.25) is 4.79 Å². The van der Waals surface area contributed by atoms with E-state index in [0.29, 0.717) is 11.5 Å². The number of amides is 1. The zero-order valence-electron chi connectivity index (χ0n) is 13.9. The fraction of sp³-hybridized carbons (Fsp3) is 0.316. The highest BCUT2D eigenvalue weighted by atomic mass is 32.1. The minimum absolute atomic E-state index is 0.0845. The van der Waals surface area contributed by atoms with Crippen LogP contribution in [-0.4, -0.2) is 15.3 Å². The molecule has 1 amide bonds. The van der Waals surface area contributed by atoms with Crippen molar-refractivity contribution in [3.8, 4) is 11.1 Å². The molecule has 1 saturated carbocycles. The van der Waals surface area contributed by atoms with Crippen LogP contribution in [0.5, 0.6) is 0 Å². The van der Waals surface area contributed by atoms with Gasteiger partial charge in [0.25, 0.3) is 0 Å². The zero-order chi connectivity index (χ0) is 17.2. The molecule has 0 aliphatic heterocycles. The van der Waals surface area contributed by atoms with E-state index in [1.54, 1.807) is 0 Å². The highest BCUT2D eigenvalue weighted by molar-refractivity contribution is 7.13. The minimum atomic E-state index is 0.0845. The molecule has 0 unspecified atom stereocenters. The lowest BCUT2D eigenvalue weighted by molar-refractivity contribution is -0.120. The van der Waals surface area contributed by atoms with Gasteiger partial charge in [0.2, 0.25) is 5.91 Å². The van der Waals surface area contributed by atoms with E-state index in [1.807, 2.05) is 36.5 Å². The van der Waals surface area contributed by atoms with Gasteiger partial charge < -0.3 is 11.1 Å². The van der Waals surface area contributed by atoms with E-state index in [1.165, 1.54) is 18.0 Å². The third-order valence-corrected chi connectivity index (χ3v) is 5.54. The summed E-state index contributed by atoms with van der Waals surface area (Å²) in [5.41, 5.74) is 8.56. The Labute approximate surface area is 150 Å². The first kappa shape index (κ1) is 16.0. The van der Waals surface area contributed by atoms with Gasteiger partial charge >= 0.3 is 0 Å². The lowest BCUT2D eigenvalue weighted by Crippen LogP contribution is -2.24. The summed E-state index contributed by atoms with van der Waals surface area (Å²) in [5.74, 6) is 0.811. The topological polar surface area (TPSA) is 80.9 Å². The molecule has 6 heteroatoms. The number of carbonyl (C=O) groups excluding carboxylic acids is 1. The molecular weight excluding hydrogens is 332 g/mol. The molecule has 2 heterocycles. The predicted molar refractivity (Wildman–Crippen MR) is 102 cm³/mol. The lowest BCUT2D eigenvalue weighted by Gasteiger charge is -2.20. The molecule has 1 aliphatic rings. The maximum Gasteiger partial charge on any atom is 0.228 e. The summed E-state index contributed by atoms with van der Waals surface area (Å²) in [6.45, 7) is 0. The van der Waals surface area contributed by atoms with Crippen LogP contribution < -0.4 is 11.1 Å². The Morgan fingerprint density at radius 3 is 2.80 bits per heavy atom.